The van der Waals surface area contributed by atoms with Crippen LogP contribution in [0.1, 0.15) is 41.1 Å². The van der Waals surface area contributed by atoms with E-state index in [9.17, 15) is 19.2 Å². The van der Waals surface area contributed by atoms with Crippen LogP contribution >= 0.6 is 0 Å². The second-order valence-electron chi connectivity index (χ2n) is 10.3. The predicted octanol–water partition coefficient (Wildman–Crippen LogP) is 5.71. The molecule has 4 aromatic rings. The zero-order valence-corrected chi connectivity index (χ0v) is 21.8. The van der Waals surface area contributed by atoms with Crippen molar-refractivity contribution in [3.63, 3.8) is 0 Å². The van der Waals surface area contributed by atoms with Crippen LogP contribution in [-0.2, 0) is 19.1 Å². The lowest BCUT2D eigenvalue weighted by Gasteiger charge is -2.28. The molecule has 0 spiro atoms. The molecule has 200 valence electrons. The number of benzene rings is 4. The number of fused-ring (bicyclic) bond motifs is 2. The first kappa shape index (κ1) is 25.5. The minimum Gasteiger partial charge on any atom is -0.452 e. The molecule has 1 heterocycles. The van der Waals surface area contributed by atoms with Crippen molar-refractivity contribution in [1.82, 2.24) is 0 Å². The van der Waals surface area contributed by atoms with Gasteiger partial charge in [-0.3, -0.25) is 19.3 Å². The van der Waals surface area contributed by atoms with Gasteiger partial charge in [-0.15, -0.1) is 0 Å². The number of anilines is 2. The molecule has 3 amide bonds. The molecule has 4 aromatic carbocycles. The molecule has 1 saturated carbocycles. The number of nitrogens with one attached hydrogen (secondary N) is 1. The second kappa shape index (κ2) is 10.8. The van der Waals surface area contributed by atoms with Crippen LogP contribution in [0.3, 0.4) is 0 Å². The fourth-order valence-electron chi connectivity index (χ4n) is 5.94. The van der Waals surface area contributed by atoms with Gasteiger partial charge in [-0.1, -0.05) is 66.7 Å². The van der Waals surface area contributed by atoms with Crippen molar-refractivity contribution in [3.05, 3.63) is 108 Å². The summed E-state index contributed by atoms with van der Waals surface area (Å²) in [6, 6.07) is 29.6. The van der Waals surface area contributed by atoms with Gasteiger partial charge in [0.25, 0.3) is 5.91 Å². The van der Waals surface area contributed by atoms with E-state index >= 15 is 0 Å². The number of imide groups is 1. The highest BCUT2D eigenvalue weighted by Gasteiger charge is 2.50. The van der Waals surface area contributed by atoms with E-state index in [1.807, 2.05) is 54.6 Å². The van der Waals surface area contributed by atoms with Crippen LogP contribution in [0.15, 0.2) is 97.1 Å². The van der Waals surface area contributed by atoms with Crippen LogP contribution in [0.5, 0.6) is 0 Å². The molecule has 1 saturated heterocycles. The molecule has 2 aliphatic rings. The molecule has 0 radical (unpaired) electrons. The van der Waals surface area contributed by atoms with E-state index in [2.05, 4.69) is 17.4 Å². The molecular weight excluding hydrogens is 504 g/mol. The molecule has 40 heavy (non-hydrogen) atoms. The van der Waals surface area contributed by atoms with Gasteiger partial charge < -0.3 is 10.1 Å². The summed E-state index contributed by atoms with van der Waals surface area (Å²) in [5, 5.41) is 4.67. The van der Waals surface area contributed by atoms with Gasteiger partial charge in [0, 0.05) is 11.1 Å². The number of carbonyl (C=O) groups excluding carboxylic acids is 4. The van der Waals surface area contributed by atoms with Gasteiger partial charge in [0.05, 0.1) is 23.1 Å². The molecule has 7 heteroatoms. The Balaban J connectivity index is 1.08. The van der Waals surface area contributed by atoms with Gasteiger partial charge >= 0.3 is 5.97 Å². The topological polar surface area (TPSA) is 92.8 Å². The van der Waals surface area contributed by atoms with Crippen LogP contribution in [0, 0.1) is 11.8 Å². The summed E-state index contributed by atoms with van der Waals surface area (Å²) < 4.78 is 5.21. The Morgan fingerprint density at radius 1 is 0.775 bits per heavy atom. The molecule has 1 N–H and O–H groups in total. The quantitative estimate of drug-likeness (QED) is 0.254. The molecule has 0 aromatic heterocycles. The molecule has 3 atom stereocenters. The third-order valence-electron chi connectivity index (χ3n) is 7.96. The van der Waals surface area contributed by atoms with E-state index in [4.69, 9.17) is 4.74 Å². The Bertz CT molecular complexity index is 1590. The van der Waals surface area contributed by atoms with E-state index in [1.54, 1.807) is 18.2 Å². The average Bonchev–Trinajstić information content (AvgIpc) is 3.25. The lowest BCUT2D eigenvalue weighted by molar-refractivity contribution is -0.122. The van der Waals surface area contributed by atoms with Crippen LogP contribution < -0.4 is 10.2 Å². The molecule has 0 bridgehead atoms. The first-order chi connectivity index (χ1) is 19.5. The van der Waals surface area contributed by atoms with Crippen molar-refractivity contribution in [2.24, 2.45) is 11.8 Å². The highest BCUT2D eigenvalue weighted by molar-refractivity contribution is 6.22. The SMILES string of the molecule is O=C(COC(=O)c1ccc(N2C(=O)[C@H]3C[C@H](c4ccccc4)CC[C@H]3C2=O)cc1)Nc1cccc2ccccc12. The van der Waals surface area contributed by atoms with E-state index in [0.717, 1.165) is 17.2 Å². The van der Waals surface area contributed by atoms with Crippen LogP contribution in [-0.4, -0.2) is 30.3 Å². The summed E-state index contributed by atoms with van der Waals surface area (Å²) in [5.74, 6) is -1.87. The Morgan fingerprint density at radius 3 is 2.27 bits per heavy atom. The third-order valence-corrected chi connectivity index (χ3v) is 7.96. The van der Waals surface area contributed by atoms with E-state index in [1.165, 1.54) is 22.6 Å². The molecular formula is C33H28N2O5. The molecule has 7 nitrogen and oxygen atoms in total. The fraction of sp³-hybridized carbons (Fsp3) is 0.212. The minimum absolute atomic E-state index is 0.179. The number of amides is 3. The zero-order chi connectivity index (χ0) is 27.6. The maximum absolute atomic E-state index is 13.3. The lowest BCUT2D eigenvalue weighted by atomic mass is 9.73. The van der Waals surface area contributed by atoms with Gasteiger partial charge in [0.2, 0.25) is 11.8 Å². The van der Waals surface area contributed by atoms with Crippen molar-refractivity contribution in [1.29, 1.82) is 0 Å². The maximum atomic E-state index is 13.3. The highest BCUT2D eigenvalue weighted by Crippen LogP contribution is 2.45. The number of hydrogen-bond donors (Lipinski definition) is 1. The van der Waals surface area contributed by atoms with Crippen molar-refractivity contribution < 1.29 is 23.9 Å². The van der Waals surface area contributed by atoms with Gasteiger partial charge in [0.15, 0.2) is 6.61 Å². The normalized spacial score (nSPS) is 20.3. The molecule has 6 rings (SSSR count). The lowest BCUT2D eigenvalue weighted by Crippen LogP contribution is -2.30. The van der Waals surface area contributed by atoms with Crippen LogP contribution in [0.4, 0.5) is 11.4 Å². The minimum atomic E-state index is -0.668. The fourth-order valence-corrected chi connectivity index (χ4v) is 5.94. The Labute approximate surface area is 231 Å². The van der Waals surface area contributed by atoms with Crippen molar-refractivity contribution in [2.45, 2.75) is 25.2 Å². The zero-order valence-electron chi connectivity index (χ0n) is 21.8. The second-order valence-corrected chi connectivity index (χ2v) is 10.3. The smallest absolute Gasteiger partial charge is 0.338 e. The number of hydrogen-bond acceptors (Lipinski definition) is 5. The Hall–Kier alpha value is -4.78. The van der Waals surface area contributed by atoms with E-state index in [-0.39, 0.29) is 35.1 Å². The van der Waals surface area contributed by atoms with Gasteiger partial charge in [-0.25, -0.2) is 4.79 Å². The summed E-state index contributed by atoms with van der Waals surface area (Å²) in [7, 11) is 0. The first-order valence-corrected chi connectivity index (χ1v) is 13.5. The summed E-state index contributed by atoms with van der Waals surface area (Å²) in [6.07, 6.45) is 2.20. The monoisotopic (exact) mass is 532 g/mol. The number of carbonyl (C=O) groups is 4. The van der Waals surface area contributed by atoms with Crippen LogP contribution in [0.2, 0.25) is 0 Å². The predicted molar refractivity (Wildman–Crippen MR) is 152 cm³/mol. The first-order valence-electron chi connectivity index (χ1n) is 13.5. The Morgan fingerprint density at radius 2 is 1.48 bits per heavy atom. The summed E-state index contributed by atoms with van der Waals surface area (Å²) >= 11 is 0. The van der Waals surface area contributed by atoms with Crippen molar-refractivity contribution in [3.8, 4) is 0 Å². The number of esters is 1. The standard InChI is InChI=1S/C33H28N2O5/c36-30(34-29-12-6-10-22-9-4-5-11-26(22)29)20-40-33(39)23-13-16-25(17-14-23)35-31(37)27-18-15-24(19-28(27)32(35)38)21-7-2-1-3-8-21/h1-14,16-17,24,27-28H,15,18-20H2,(H,34,36)/t24-,27-,28+/m1/s1. The van der Waals surface area contributed by atoms with E-state index < -0.39 is 18.5 Å². The summed E-state index contributed by atoms with van der Waals surface area (Å²) in [6.45, 7) is -0.446. The Kier molecular flexibility index (Phi) is 6.86. The number of nitrogens with zero attached hydrogens (tertiary/aromatic N) is 1. The largest absolute Gasteiger partial charge is 0.452 e. The third kappa shape index (κ3) is 4.86. The summed E-state index contributed by atoms with van der Waals surface area (Å²) in [4.78, 5) is 52.8. The van der Waals surface area contributed by atoms with Gasteiger partial charge in [-0.05, 0) is 66.5 Å². The average molecular weight is 533 g/mol. The highest BCUT2D eigenvalue weighted by atomic mass is 16.5. The molecule has 2 fully saturated rings. The van der Waals surface area contributed by atoms with Gasteiger partial charge in [-0.2, -0.15) is 0 Å². The maximum Gasteiger partial charge on any atom is 0.338 e. The number of rotatable bonds is 6. The molecule has 0 unspecified atom stereocenters. The van der Waals surface area contributed by atoms with E-state index in [0.29, 0.717) is 24.2 Å². The van der Waals surface area contributed by atoms with Crippen molar-refractivity contribution >= 4 is 45.8 Å². The number of ether oxygens (including phenoxy) is 1. The molecule has 1 aliphatic carbocycles. The van der Waals surface area contributed by atoms with Crippen LogP contribution in [0.25, 0.3) is 10.8 Å². The summed E-state index contributed by atoms with van der Waals surface area (Å²) in [5.41, 5.74) is 2.50. The van der Waals surface area contributed by atoms with Gasteiger partial charge in [0.1, 0.15) is 0 Å². The van der Waals surface area contributed by atoms with Crippen molar-refractivity contribution in [2.75, 3.05) is 16.8 Å². The molecule has 1 aliphatic heterocycles.